The Hall–Kier alpha value is -4.02. The maximum atomic E-state index is 4.06. The second-order valence-electron chi connectivity index (χ2n) is 7.23. The molecule has 4 aromatic carbocycles. The summed E-state index contributed by atoms with van der Waals surface area (Å²) in [4.78, 5) is 0. The number of hydrogen-bond acceptors (Lipinski definition) is 6. The molecule has 0 atom stereocenters. The Bertz CT molecular complexity index is 1220. The van der Waals surface area contributed by atoms with Gasteiger partial charge in [-0.15, -0.1) is 44.2 Å². The summed E-state index contributed by atoms with van der Waals surface area (Å²) < 4.78 is 3.46. The number of para-hydroxylation sites is 2. The van der Waals surface area contributed by atoms with Gasteiger partial charge in [-0.05, 0) is 45.1 Å². The van der Waals surface area contributed by atoms with Crippen molar-refractivity contribution in [2.75, 3.05) is 0 Å². The lowest BCUT2D eigenvalue weighted by atomic mass is 10.2. The van der Waals surface area contributed by atoms with E-state index in [9.17, 15) is 0 Å². The number of benzene rings is 4. The number of nitrogens with zero attached hydrogens (tertiary/aromatic N) is 8. The molecule has 6 rings (SSSR count). The largest absolute Gasteiger partial charge is 0.193 e. The van der Waals surface area contributed by atoms with Crippen molar-refractivity contribution in [2.24, 2.45) is 0 Å². The number of rotatable bonds is 4. The fraction of sp³-hybridized carbons (Fsp3) is 0. The Morgan fingerprint density at radius 3 is 1.03 bits per heavy atom. The van der Waals surface area contributed by atoms with E-state index in [4.69, 9.17) is 0 Å². The zero-order valence-corrected chi connectivity index (χ0v) is 22.4. The van der Waals surface area contributed by atoms with Gasteiger partial charge < -0.3 is 0 Å². The van der Waals surface area contributed by atoms with Gasteiger partial charge in [-0.25, -0.2) is 0 Å². The molecule has 0 spiro atoms. The van der Waals surface area contributed by atoms with E-state index < -0.39 is 0 Å². The molecule has 0 aliphatic carbocycles. The van der Waals surface area contributed by atoms with Crippen LogP contribution in [0, 0.1) is 0 Å². The maximum absolute atomic E-state index is 4.06. The number of aromatic nitrogens is 8. The quantitative estimate of drug-likeness (QED) is 0.252. The molecule has 0 aliphatic rings. The lowest BCUT2D eigenvalue weighted by Gasteiger charge is -2.03. The van der Waals surface area contributed by atoms with Crippen LogP contribution in [0.15, 0.2) is 121 Å². The molecule has 6 aromatic rings. The predicted octanol–water partition coefficient (Wildman–Crippen LogP) is 5.81. The van der Waals surface area contributed by atoms with Crippen molar-refractivity contribution in [1.82, 2.24) is 40.4 Å². The normalized spacial score (nSPS) is 9.78. The molecule has 2 aromatic heterocycles. The van der Waals surface area contributed by atoms with Gasteiger partial charge in [0.1, 0.15) is 0 Å². The van der Waals surface area contributed by atoms with Crippen molar-refractivity contribution in [3.63, 3.8) is 0 Å². The number of tetrazole rings is 2. The summed E-state index contributed by atoms with van der Waals surface area (Å²) in [6.45, 7) is 0. The lowest BCUT2D eigenvalue weighted by Crippen LogP contribution is -1.99. The van der Waals surface area contributed by atoms with Crippen LogP contribution in [0.1, 0.15) is 0 Å². The third-order valence-corrected chi connectivity index (χ3v) is 5.00. The van der Waals surface area contributed by atoms with E-state index in [0.29, 0.717) is 0 Å². The van der Waals surface area contributed by atoms with Gasteiger partial charge in [-0.3, -0.25) is 0 Å². The van der Waals surface area contributed by atoms with E-state index in [1.807, 2.05) is 121 Å². The van der Waals surface area contributed by atoms with E-state index in [1.165, 1.54) is 0 Å². The van der Waals surface area contributed by atoms with Crippen LogP contribution in [-0.2, 0) is 0 Å². The van der Waals surface area contributed by atoms with Crippen molar-refractivity contribution < 1.29 is 0 Å². The van der Waals surface area contributed by atoms with Crippen LogP contribution >= 0.6 is 34.0 Å². The molecule has 2 heterocycles. The van der Waals surface area contributed by atoms with E-state index in [2.05, 4.69) is 31.1 Å². The van der Waals surface area contributed by atoms with Crippen LogP contribution in [0.3, 0.4) is 0 Å². The highest BCUT2D eigenvalue weighted by molar-refractivity contribution is 8.93. The zero-order valence-electron chi connectivity index (χ0n) is 18.9. The molecule has 0 fully saturated rings. The van der Waals surface area contributed by atoms with E-state index in [1.54, 1.807) is 9.36 Å². The van der Waals surface area contributed by atoms with Gasteiger partial charge in [0.15, 0.2) is 11.6 Å². The Kier molecular flexibility index (Phi) is 9.73. The molecule has 0 unspecified atom stereocenters. The molecular formula is C26H22Br2N8. The SMILES string of the molecule is Br.Br.c1ccc(-c2nnnn2-c2ccccc2)cc1.c1ccc(-c2nnnn2-c2ccccc2)cc1. The van der Waals surface area contributed by atoms with Gasteiger partial charge in [0, 0.05) is 11.1 Å². The summed E-state index contributed by atoms with van der Waals surface area (Å²) in [5, 5.41) is 23.6. The molecule has 36 heavy (non-hydrogen) atoms. The first-order chi connectivity index (χ1) is 16.9. The van der Waals surface area contributed by atoms with Crippen LogP contribution in [0.2, 0.25) is 0 Å². The number of halogens is 2. The molecule has 180 valence electrons. The van der Waals surface area contributed by atoms with Gasteiger partial charge in [0.2, 0.25) is 0 Å². The second kappa shape index (κ2) is 13.2. The lowest BCUT2D eigenvalue weighted by molar-refractivity contribution is 0.791. The van der Waals surface area contributed by atoms with Crippen molar-refractivity contribution in [1.29, 1.82) is 0 Å². The summed E-state index contributed by atoms with van der Waals surface area (Å²) in [5.74, 6) is 1.49. The van der Waals surface area contributed by atoms with Crippen molar-refractivity contribution in [2.45, 2.75) is 0 Å². The highest BCUT2D eigenvalue weighted by Crippen LogP contribution is 2.19. The van der Waals surface area contributed by atoms with Gasteiger partial charge in [-0.1, -0.05) is 97.1 Å². The molecule has 0 radical (unpaired) electrons. The summed E-state index contributed by atoms with van der Waals surface area (Å²) in [5.41, 5.74) is 3.91. The summed E-state index contributed by atoms with van der Waals surface area (Å²) >= 11 is 0. The topological polar surface area (TPSA) is 87.2 Å². The number of hydrogen-bond donors (Lipinski definition) is 0. The van der Waals surface area contributed by atoms with Gasteiger partial charge in [0.05, 0.1) is 11.4 Å². The molecule has 0 N–H and O–H groups in total. The van der Waals surface area contributed by atoms with Crippen molar-refractivity contribution in [3.8, 4) is 34.2 Å². The molecular weight excluding hydrogens is 584 g/mol. The zero-order chi connectivity index (χ0) is 23.0. The standard InChI is InChI=1S/2C13H10N4.2BrH/c2*1-3-7-11(8-4-1)13-14-15-16-17(13)12-9-5-2-6-10-12;;/h2*1-10H;2*1H. The maximum Gasteiger partial charge on any atom is 0.187 e. The van der Waals surface area contributed by atoms with Gasteiger partial charge >= 0.3 is 0 Å². The minimum absolute atomic E-state index is 0. The van der Waals surface area contributed by atoms with E-state index >= 15 is 0 Å². The first-order valence-corrected chi connectivity index (χ1v) is 10.7. The fourth-order valence-electron chi connectivity index (χ4n) is 3.39. The smallest absolute Gasteiger partial charge is 0.187 e. The first-order valence-electron chi connectivity index (χ1n) is 10.7. The Morgan fingerprint density at radius 1 is 0.389 bits per heavy atom. The molecule has 0 bridgehead atoms. The molecule has 0 saturated carbocycles. The van der Waals surface area contributed by atoms with E-state index in [0.717, 1.165) is 34.2 Å². The van der Waals surface area contributed by atoms with E-state index in [-0.39, 0.29) is 34.0 Å². The average molecular weight is 606 g/mol. The van der Waals surface area contributed by atoms with Crippen LogP contribution in [0.4, 0.5) is 0 Å². The highest BCUT2D eigenvalue weighted by Gasteiger charge is 2.10. The Balaban J connectivity index is 0.000000190. The Morgan fingerprint density at radius 2 is 0.694 bits per heavy atom. The van der Waals surface area contributed by atoms with Crippen LogP contribution in [-0.4, -0.2) is 40.4 Å². The third-order valence-electron chi connectivity index (χ3n) is 5.00. The van der Waals surface area contributed by atoms with Crippen LogP contribution < -0.4 is 0 Å². The van der Waals surface area contributed by atoms with Gasteiger partial charge in [0.25, 0.3) is 0 Å². The molecule has 10 heteroatoms. The average Bonchev–Trinajstić information content (AvgIpc) is 3.62. The van der Waals surface area contributed by atoms with Crippen LogP contribution in [0.25, 0.3) is 34.2 Å². The highest BCUT2D eigenvalue weighted by atomic mass is 79.9. The minimum Gasteiger partial charge on any atom is -0.193 e. The first kappa shape index (κ1) is 26.6. The minimum atomic E-state index is 0. The summed E-state index contributed by atoms with van der Waals surface area (Å²) in [6.07, 6.45) is 0. The third kappa shape index (κ3) is 6.15. The Labute approximate surface area is 229 Å². The van der Waals surface area contributed by atoms with Gasteiger partial charge in [-0.2, -0.15) is 9.36 Å². The monoisotopic (exact) mass is 604 g/mol. The predicted molar refractivity (Wildman–Crippen MR) is 150 cm³/mol. The second-order valence-corrected chi connectivity index (χ2v) is 7.23. The fourth-order valence-corrected chi connectivity index (χ4v) is 3.39. The molecule has 0 saturated heterocycles. The summed E-state index contributed by atoms with van der Waals surface area (Å²) in [7, 11) is 0. The molecule has 0 aliphatic heterocycles. The molecule has 0 amide bonds. The van der Waals surface area contributed by atoms with Crippen LogP contribution in [0.5, 0.6) is 0 Å². The van der Waals surface area contributed by atoms with Crippen molar-refractivity contribution >= 4 is 34.0 Å². The molecule has 8 nitrogen and oxygen atoms in total. The summed E-state index contributed by atoms with van der Waals surface area (Å²) in [6, 6.07) is 39.5. The van der Waals surface area contributed by atoms with Crippen molar-refractivity contribution in [3.05, 3.63) is 121 Å².